The van der Waals surface area contributed by atoms with Crippen LogP contribution in [0.15, 0.2) is 0 Å². The maximum Gasteiger partial charge on any atom is 0.305 e. The van der Waals surface area contributed by atoms with Gasteiger partial charge in [0, 0.05) is 19.6 Å². The highest BCUT2D eigenvalue weighted by Gasteiger charge is 2.36. The van der Waals surface area contributed by atoms with Crippen molar-refractivity contribution in [3.8, 4) is 0 Å². The number of aliphatic carboxylic acids is 1. The molecule has 1 saturated heterocycles. The first-order valence-corrected chi connectivity index (χ1v) is 6.86. The molecule has 114 valence electrons. The SMILES string of the molecule is CC(C)CNC(=O)C(C)N1CCNC(=O)C1CC(=O)O. The second-order valence-electron chi connectivity index (χ2n) is 5.46. The van der Waals surface area contributed by atoms with E-state index in [1.54, 1.807) is 11.8 Å². The monoisotopic (exact) mass is 285 g/mol. The number of amides is 2. The van der Waals surface area contributed by atoms with Gasteiger partial charge in [-0.25, -0.2) is 0 Å². The number of rotatable bonds is 6. The van der Waals surface area contributed by atoms with Crippen LogP contribution in [0.3, 0.4) is 0 Å². The van der Waals surface area contributed by atoms with Crippen molar-refractivity contribution in [1.82, 2.24) is 15.5 Å². The number of hydrogen-bond acceptors (Lipinski definition) is 4. The minimum Gasteiger partial charge on any atom is -0.481 e. The Morgan fingerprint density at radius 2 is 2.10 bits per heavy atom. The quantitative estimate of drug-likeness (QED) is 0.606. The van der Waals surface area contributed by atoms with Gasteiger partial charge in [0.1, 0.15) is 6.04 Å². The van der Waals surface area contributed by atoms with Gasteiger partial charge in [0.15, 0.2) is 0 Å². The average Bonchev–Trinajstić information content (AvgIpc) is 2.37. The van der Waals surface area contributed by atoms with E-state index < -0.39 is 18.1 Å². The molecule has 1 rings (SSSR count). The van der Waals surface area contributed by atoms with E-state index in [1.807, 2.05) is 13.8 Å². The zero-order valence-corrected chi connectivity index (χ0v) is 12.2. The molecule has 2 unspecified atom stereocenters. The fourth-order valence-corrected chi connectivity index (χ4v) is 2.17. The predicted molar refractivity (Wildman–Crippen MR) is 73.1 cm³/mol. The maximum atomic E-state index is 12.1. The highest BCUT2D eigenvalue weighted by Crippen LogP contribution is 2.13. The van der Waals surface area contributed by atoms with Crippen LogP contribution < -0.4 is 10.6 Å². The fourth-order valence-electron chi connectivity index (χ4n) is 2.17. The van der Waals surface area contributed by atoms with E-state index >= 15 is 0 Å². The predicted octanol–water partition coefficient (Wildman–Crippen LogP) is -0.578. The maximum absolute atomic E-state index is 12.1. The highest BCUT2D eigenvalue weighted by atomic mass is 16.4. The molecule has 0 radical (unpaired) electrons. The second kappa shape index (κ2) is 7.23. The molecule has 0 aromatic carbocycles. The van der Waals surface area contributed by atoms with Crippen LogP contribution >= 0.6 is 0 Å². The van der Waals surface area contributed by atoms with E-state index in [0.717, 1.165) is 0 Å². The van der Waals surface area contributed by atoms with Gasteiger partial charge in [-0.3, -0.25) is 19.3 Å². The molecule has 0 aliphatic carbocycles. The van der Waals surface area contributed by atoms with Crippen molar-refractivity contribution in [2.45, 2.75) is 39.3 Å². The van der Waals surface area contributed by atoms with Crippen LogP contribution in [0.1, 0.15) is 27.2 Å². The lowest BCUT2D eigenvalue weighted by Crippen LogP contribution is -2.61. The van der Waals surface area contributed by atoms with Crippen molar-refractivity contribution in [2.75, 3.05) is 19.6 Å². The molecule has 3 N–H and O–H groups in total. The number of piperazine rings is 1. The zero-order chi connectivity index (χ0) is 15.3. The van der Waals surface area contributed by atoms with Gasteiger partial charge in [0.05, 0.1) is 12.5 Å². The van der Waals surface area contributed by atoms with Crippen molar-refractivity contribution >= 4 is 17.8 Å². The summed E-state index contributed by atoms with van der Waals surface area (Å²) in [5.74, 6) is -1.22. The molecule has 2 amide bonds. The minimum absolute atomic E-state index is 0.177. The average molecular weight is 285 g/mol. The van der Waals surface area contributed by atoms with Crippen LogP contribution in [0.5, 0.6) is 0 Å². The number of hydrogen-bond donors (Lipinski definition) is 3. The van der Waals surface area contributed by atoms with E-state index in [4.69, 9.17) is 5.11 Å². The van der Waals surface area contributed by atoms with Crippen LogP contribution in [-0.4, -0.2) is 59.5 Å². The molecule has 1 aliphatic rings. The summed E-state index contributed by atoms with van der Waals surface area (Å²) >= 11 is 0. The Hall–Kier alpha value is -1.63. The Balaban J connectivity index is 2.71. The molecule has 20 heavy (non-hydrogen) atoms. The number of nitrogens with zero attached hydrogens (tertiary/aromatic N) is 1. The van der Waals surface area contributed by atoms with E-state index in [9.17, 15) is 14.4 Å². The van der Waals surface area contributed by atoms with Crippen molar-refractivity contribution < 1.29 is 19.5 Å². The topological polar surface area (TPSA) is 98.7 Å². The molecule has 7 nitrogen and oxygen atoms in total. The van der Waals surface area contributed by atoms with E-state index in [-0.39, 0.29) is 18.2 Å². The first-order chi connectivity index (χ1) is 9.32. The van der Waals surface area contributed by atoms with E-state index in [1.165, 1.54) is 0 Å². The third kappa shape index (κ3) is 4.48. The Labute approximate surface area is 118 Å². The molecular formula is C13H23N3O4. The van der Waals surface area contributed by atoms with Gasteiger partial charge in [-0.15, -0.1) is 0 Å². The molecule has 1 fully saturated rings. The third-order valence-electron chi connectivity index (χ3n) is 3.30. The number of carbonyl (C=O) groups excluding carboxylic acids is 2. The Morgan fingerprint density at radius 3 is 2.65 bits per heavy atom. The summed E-state index contributed by atoms with van der Waals surface area (Å²) in [6.45, 7) is 7.14. The molecule has 2 atom stereocenters. The molecule has 0 saturated carbocycles. The van der Waals surface area contributed by atoms with Crippen LogP contribution in [0.25, 0.3) is 0 Å². The Kier molecular flexibility index (Phi) is 5.94. The lowest BCUT2D eigenvalue weighted by atomic mass is 10.1. The summed E-state index contributed by atoms with van der Waals surface area (Å²) in [6.07, 6.45) is -0.298. The van der Waals surface area contributed by atoms with Gasteiger partial charge in [0.2, 0.25) is 11.8 Å². The minimum atomic E-state index is -1.05. The van der Waals surface area contributed by atoms with Gasteiger partial charge in [0.25, 0.3) is 0 Å². The number of carboxylic acids is 1. The Morgan fingerprint density at radius 1 is 1.45 bits per heavy atom. The van der Waals surface area contributed by atoms with Crippen LogP contribution in [0.2, 0.25) is 0 Å². The summed E-state index contributed by atoms with van der Waals surface area (Å²) in [6, 6.07) is -1.31. The molecule has 0 bridgehead atoms. The fraction of sp³-hybridized carbons (Fsp3) is 0.769. The lowest BCUT2D eigenvalue weighted by Gasteiger charge is -2.37. The van der Waals surface area contributed by atoms with Gasteiger partial charge in [-0.2, -0.15) is 0 Å². The standard InChI is InChI=1S/C13H23N3O4/c1-8(2)7-15-12(19)9(3)16-5-4-14-13(20)10(16)6-11(17)18/h8-10H,4-7H2,1-3H3,(H,14,20)(H,15,19)(H,17,18). The first-order valence-electron chi connectivity index (χ1n) is 6.86. The Bertz CT molecular complexity index is 384. The molecule has 1 heterocycles. The molecule has 0 aromatic heterocycles. The van der Waals surface area contributed by atoms with Crippen molar-refractivity contribution in [3.05, 3.63) is 0 Å². The van der Waals surface area contributed by atoms with Crippen LogP contribution in [0, 0.1) is 5.92 Å². The zero-order valence-electron chi connectivity index (χ0n) is 12.2. The second-order valence-corrected chi connectivity index (χ2v) is 5.46. The van der Waals surface area contributed by atoms with Crippen molar-refractivity contribution in [1.29, 1.82) is 0 Å². The molecule has 7 heteroatoms. The number of nitrogens with one attached hydrogen (secondary N) is 2. The molecule has 0 spiro atoms. The molecule has 1 aliphatic heterocycles. The summed E-state index contributed by atoms with van der Waals surface area (Å²) < 4.78 is 0. The summed E-state index contributed by atoms with van der Waals surface area (Å²) in [4.78, 5) is 36.4. The van der Waals surface area contributed by atoms with Crippen molar-refractivity contribution in [3.63, 3.8) is 0 Å². The summed E-state index contributed by atoms with van der Waals surface area (Å²) in [5, 5.41) is 14.3. The van der Waals surface area contributed by atoms with Gasteiger partial charge >= 0.3 is 5.97 Å². The van der Waals surface area contributed by atoms with E-state index in [2.05, 4.69) is 10.6 Å². The smallest absolute Gasteiger partial charge is 0.305 e. The largest absolute Gasteiger partial charge is 0.481 e. The van der Waals surface area contributed by atoms with Crippen LogP contribution in [-0.2, 0) is 14.4 Å². The van der Waals surface area contributed by atoms with Crippen LogP contribution in [0.4, 0.5) is 0 Å². The normalized spacial score (nSPS) is 21.4. The molecule has 0 aromatic rings. The molecular weight excluding hydrogens is 262 g/mol. The van der Waals surface area contributed by atoms with Gasteiger partial charge in [-0.1, -0.05) is 13.8 Å². The third-order valence-corrected chi connectivity index (χ3v) is 3.30. The number of carboxylic acid groups (broad SMARTS) is 1. The summed E-state index contributed by atoms with van der Waals surface area (Å²) in [5.41, 5.74) is 0. The highest BCUT2D eigenvalue weighted by molar-refractivity contribution is 5.88. The lowest BCUT2D eigenvalue weighted by molar-refractivity contribution is -0.145. The van der Waals surface area contributed by atoms with E-state index in [0.29, 0.717) is 25.6 Å². The van der Waals surface area contributed by atoms with Gasteiger partial charge in [-0.05, 0) is 12.8 Å². The van der Waals surface area contributed by atoms with Gasteiger partial charge < -0.3 is 15.7 Å². The summed E-state index contributed by atoms with van der Waals surface area (Å²) in [7, 11) is 0. The number of carbonyl (C=O) groups is 3. The first kappa shape index (κ1) is 16.4. The van der Waals surface area contributed by atoms with Crippen molar-refractivity contribution in [2.24, 2.45) is 5.92 Å².